The Morgan fingerprint density at radius 3 is 2.56 bits per heavy atom. The molecule has 1 fully saturated rings. The highest BCUT2D eigenvalue weighted by Crippen LogP contribution is 2.17. The minimum atomic E-state index is -0.778. The highest BCUT2D eigenvalue weighted by Gasteiger charge is 2.30. The van der Waals surface area contributed by atoms with Crippen LogP contribution in [0.15, 0.2) is 24.3 Å². The number of para-hydroxylation sites is 2. The van der Waals surface area contributed by atoms with Gasteiger partial charge >= 0.3 is 0 Å². The van der Waals surface area contributed by atoms with Crippen LogP contribution in [0.3, 0.4) is 0 Å². The minimum absolute atomic E-state index is 0.127. The van der Waals surface area contributed by atoms with E-state index in [4.69, 9.17) is 5.73 Å². The maximum atomic E-state index is 11.8. The third kappa shape index (κ3) is 2.98. The summed E-state index contributed by atoms with van der Waals surface area (Å²) in [6.07, 6.45) is -1.56. The number of β-amino-alcohol motifs (C(OH)–C–C–N with tert-alkyl or cyclic N) is 2. The molecule has 1 aliphatic rings. The van der Waals surface area contributed by atoms with Crippen LogP contribution in [0.4, 0.5) is 11.4 Å². The summed E-state index contributed by atoms with van der Waals surface area (Å²) in [5, 5.41) is 21.4. The number of nitrogen functional groups attached to an aromatic ring is 1. The van der Waals surface area contributed by atoms with E-state index in [0.717, 1.165) is 0 Å². The van der Waals surface area contributed by atoms with E-state index in [1.807, 2.05) is 0 Å². The summed E-state index contributed by atoms with van der Waals surface area (Å²) in [6.45, 7) is 0.736. The molecule has 1 aromatic carbocycles. The fraction of sp³-hybridized carbons (Fsp3) is 0.417. The molecule has 1 saturated heterocycles. The van der Waals surface area contributed by atoms with Crippen LogP contribution >= 0.6 is 0 Å². The lowest BCUT2D eigenvalue weighted by Crippen LogP contribution is -2.32. The maximum absolute atomic E-state index is 11.8. The Balaban J connectivity index is 1.88. The zero-order valence-corrected chi connectivity index (χ0v) is 9.91. The van der Waals surface area contributed by atoms with Crippen molar-refractivity contribution in [2.75, 3.05) is 30.7 Å². The van der Waals surface area contributed by atoms with Gasteiger partial charge in [0.25, 0.3) is 0 Å². The van der Waals surface area contributed by atoms with E-state index < -0.39 is 12.2 Å². The van der Waals surface area contributed by atoms with Crippen LogP contribution in [0, 0.1) is 0 Å². The number of anilines is 2. The third-order valence-corrected chi connectivity index (χ3v) is 2.94. The summed E-state index contributed by atoms with van der Waals surface area (Å²) in [4.78, 5) is 13.5. The smallest absolute Gasteiger partial charge is 0.238 e. The number of hydrogen-bond acceptors (Lipinski definition) is 5. The van der Waals surface area contributed by atoms with Crippen molar-refractivity contribution in [1.29, 1.82) is 0 Å². The molecule has 0 saturated carbocycles. The first kappa shape index (κ1) is 12.8. The number of nitrogens with one attached hydrogen (secondary N) is 1. The van der Waals surface area contributed by atoms with Crippen molar-refractivity contribution in [3.05, 3.63) is 24.3 Å². The number of likely N-dealkylation sites (tertiary alicyclic amines) is 1. The maximum Gasteiger partial charge on any atom is 0.238 e. The molecule has 1 aromatic rings. The highest BCUT2D eigenvalue weighted by molar-refractivity contribution is 5.95. The van der Waals surface area contributed by atoms with E-state index >= 15 is 0 Å². The second-order valence-corrected chi connectivity index (χ2v) is 4.46. The first-order valence-corrected chi connectivity index (χ1v) is 5.79. The molecule has 2 rings (SSSR count). The van der Waals surface area contributed by atoms with Crippen LogP contribution in [0.25, 0.3) is 0 Å². The summed E-state index contributed by atoms with van der Waals surface area (Å²) < 4.78 is 0. The molecule has 0 radical (unpaired) electrons. The summed E-state index contributed by atoms with van der Waals surface area (Å²) >= 11 is 0. The van der Waals surface area contributed by atoms with Gasteiger partial charge in [-0.2, -0.15) is 0 Å². The van der Waals surface area contributed by atoms with Gasteiger partial charge in [-0.05, 0) is 12.1 Å². The van der Waals surface area contributed by atoms with Crippen molar-refractivity contribution in [3.8, 4) is 0 Å². The molecule has 0 spiro atoms. The van der Waals surface area contributed by atoms with Crippen LogP contribution in [0.2, 0.25) is 0 Å². The molecule has 6 heteroatoms. The number of aliphatic hydroxyl groups excluding tert-OH is 2. The molecule has 2 unspecified atom stereocenters. The molecule has 98 valence electrons. The predicted octanol–water partition coefficient (Wildman–Crippen LogP) is -0.755. The second-order valence-electron chi connectivity index (χ2n) is 4.46. The molecule has 0 bridgehead atoms. The first-order chi connectivity index (χ1) is 8.56. The number of hydrogen-bond donors (Lipinski definition) is 4. The van der Waals surface area contributed by atoms with Gasteiger partial charge in [0.1, 0.15) is 0 Å². The molecule has 1 aliphatic heterocycles. The highest BCUT2D eigenvalue weighted by atomic mass is 16.3. The van der Waals surface area contributed by atoms with Gasteiger partial charge in [0.05, 0.1) is 30.1 Å². The Labute approximate surface area is 105 Å². The molecular formula is C12H17N3O3. The van der Waals surface area contributed by atoms with Gasteiger partial charge < -0.3 is 21.3 Å². The van der Waals surface area contributed by atoms with Gasteiger partial charge in [0.15, 0.2) is 0 Å². The van der Waals surface area contributed by atoms with Crippen molar-refractivity contribution < 1.29 is 15.0 Å². The molecule has 2 atom stereocenters. The number of aliphatic hydroxyl groups is 2. The van der Waals surface area contributed by atoms with E-state index in [2.05, 4.69) is 5.32 Å². The molecule has 5 N–H and O–H groups in total. The molecule has 0 aromatic heterocycles. The molecule has 0 aliphatic carbocycles. The standard InChI is InChI=1S/C12H17N3O3/c13-8-3-1-2-4-9(8)14-12(18)7-15-5-10(16)11(17)6-15/h1-4,10-11,16-17H,5-7,13H2,(H,14,18). The lowest BCUT2D eigenvalue weighted by molar-refractivity contribution is -0.117. The van der Waals surface area contributed by atoms with E-state index in [-0.39, 0.29) is 12.5 Å². The SMILES string of the molecule is Nc1ccccc1NC(=O)CN1CC(O)C(O)C1. The Morgan fingerprint density at radius 2 is 1.94 bits per heavy atom. The van der Waals surface area contributed by atoms with Crippen LogP contribution in [0.5, 0.6) is 0 Å². The monoisotopic (exact) mass is 251 g/mol. The minimum Gasteiger partial charge on any atom is -0.397 e. The molecule has 1 heterocycles. The second kappa shape index (κ2) is 5.34. The van der Waals surface area contributed by atoms with Gasteiger partial charge in [0.2, 0.25) is 5.91 Å². The van der Waals surface area contributed by atoms with Crippen molar-refractivity contribution in [2.24, 2.45) is 0 Å². The van der Waals surface area contributed by atoms with E-state index in [9.17, 15) is 15.0 Å². The van der Waals surface area contributed by atoms with Crippen LogP contribution in [0.1, 0.15) is 0 Å². The number of rotatable bonds is 3. The van der Waals surface area contributed by atoms with E-state index in [1.165, 1.54) is 0 Å². The number of amides is 1. The average Bonchev–Trinajstić information content (AvgIpc) is 2.61. The number of benzene rings is 1. The number of carbonyl (C=O) groups is 1. The first-order valence-electron chi connectivity index (χ1n) is 5.79. The number of nitrogens with zero attached hydrogens (tertiary/aromatic N) is 1. The van der Waals surface area contributed by atoms with Crippen LogP contribution < -0.4 is 11.1 Å². The zero-order chi connectivity index (χ0) is 13.1. The third-order valence-electron chi connectivity index (χ3n) is 2.94. The lowest BCUT2D eigenvalue weighted by Gasteiger charge is -2.14. The van der Waals surface area contributed by atoms with Gasteiger partial charge in [-0.15, -0.1) is 0 Å². The van der Waals surface area contributed by atoms with Gasteiger partial charge in [-0.1, -0.05) is 12.1 Å². The molecule has 18 heavy (non-hydrogen) atoms. The number of carbonyl (C=O) groups excluding carboxylic acids is 1. The quantitative estimate of drug-likeness (QED) is 0.530. The summed E-state index contributed by atoms with van der Waals surface area (Å²) in [5.74, 6) is -0.214. The fourth-order valence-corrected chi connectivity index (χ4v) is 1.98. The van der Waals surface area contributed by atoms with Gasteiger partial charge in [-0.3, -0.25) is 9.69 Å². The van der Waals surface area contributed by atoms with E-state index in [0.29, 0.717) is 24.5 Å². The topological polar surface area (TPSA) is 98.8 Å². The van der Waals surface area contributed by atoms with Gasteiger partial charge in [-0.25, -0.2) is 0 Å². The van der Waals surface area contributed by atoms with Crippen molar-refractivity contribution in [3.63, 3.8) is 0 Å². The van der Waals surface area contributed by atoms with Crippen LogP contribution in [-0.2, 0) is 4.79 Å². The molecule has 1 amide bonds. The van der Waals surface area contributed by atoms with Crippen LogP contribution in [-0.4, -0.2) is 52.9 Å². The van der Waals surface area contributed by atoms with Crippen molar-refractivity contribution >= 4 is 17.3 Å². The van der Waals surface area contributed by atoms with Crippen molar-refractivity contribution in [1.82, 2.24) is 4.90 Å². The average molecular weight is 251 g/mol. The Morgan fingerprint density at radius 1 is 1.33 bits per heavy atom. The zero-order valence-electron chi connectivity index (χ0n) is 9.91. The normalized spacial score (nSPS) is 24.1. The van der Waals surface area contributed by atoms with Crippen molar-refractivity contribution in [2.45, 2.75) is 12.2 Å². The Bertz CT molecular complexity index is 428. The Kier molecular flexibility index (Phi) is 3.81. The largest absolute Gasteiger partial charge is 0.397 e. The summed E-state index contributed by atoms with van der Waals surface area (Å²) in [7, 11) is 0. The molecule has 6 nitrogen and oxygen atoms in total. The fourth-order valence-electron chi connectivity index (χ4n) is 1.98. The summed E-state index contributed by atoms with van der Waals surface area (Å²) in [5.41, 5.74) is 6.79. The van der Waals surface area contributed by atoms with E-state index in [1.54, 1.807) is 29.2 Å². The number of nitrogens with two attached hydrogens (primary N) is 1. The summed E-state index contributed by atoms with van der Waals surface area (Å²) in [6, 6.07) is 7.01. The van der Waals surface area contributed by atoms with Gasteiger partial charge in [0, 0.05) is 13.1 Å². The Hall–Kier alpha value is -1.63. The molecular weight excluding hydrogens is 234 g/mol. The predicted molar refractivity (Wildman–Crippen MR) is 67.9 cm³/mol. The lowest BCUT2D eigenvalue weighted by atomic mass is 10.2.